The standard InChI is InChI=1S/C17H23N3O2/c1-12(15-7-5-13(10-18)6-8-15)20-17(22)19-11-14-3-2-4-16(21)9-14/h5-8,12,14,16,21H,2-4,9,11H2,1H3,(H2,19,20,22). The van der Waals surface area contributed by atoms with Gasteiger partial charge in [-0.3, -0.25) is 0 Å². The molecule has 0 spiro atoms. The highest BCUT2D eigenvalue weighted by molar-refractivity contribution is 5.74. The molecular formula is C17H23N3O2. The lowest BCUT2D eigenvalue weighted by molar-refractivity contribution is 0.101. The SMILES string of the molecule is CC(NC(=O)NCC1CCCC(O)C1)c1ccc(C#N)cc1. The van der Waals surface area contributed by atoms with Gasteiger partial charge in [-0.25, -0.2) is 4.79 Å². The van der Waals surface area contributed by atoms with Crippen molar-refractivity contribution in [1.82, 2.24) is 10.6 Å². The van der Waals surface area contributed by atoms with Crippen molar-refractivity contribution in [2.75, 3.05) is 6.54 Å². The van der Waals surface area contributed by atoms with Crippen LogP contribution in [0.3, 0.4) is 0 Å². The second-order valence-electron chi connectivity index (χ2n) is 6.00. The Kier molecular flexibility index (Phi) is 5.79. The normalized spacial score (nSPS) is 22.4. The Morgan fingerprint density at radius 1 is 1.41 bits per heavy atom. The van der Waals surface area contributed by atoms with Gasteiger partial charge in [-0.1, -0.05) is 18.6 Å². The van der Waals surface area contributed by atoms with E-state index in [1.54, 1.807) is 12.1 Å². The molecule has 2 amide bonds. The number of rotatable bonds is 4. The fourth-order valence-corrected chi connectivity index (χ4v) is 2.86. The van der Waals surface area contributed by atoms with Crippen LogP contribution >= 0.6 is 0 Å². The molecule has 5 nitrogen and oxygen atoms in total. The Labute approximate surface area is 131 Å². The zero-order chi connectivity index (χ0) is 15.9. The van der Waals surface area contributed by atoms with E-state index in [9.17, 15) is 9.90 Å². The molecule has 1 fully saturated rings. The molecule has 1 aliphatic rings. The summed E-state index contributed by atoms with van der Waals surface area (Å²) in [5, 5.41) is 24.2. The molecule has 2 rings (SSSR count). The molecule has 118 valence electrons. The molecule has 1 aromatic rings. The van der Waals surface area contributed by atoms with E-state index in [-0.39, 0.29) is 18.2 Å². The quantitative estimate of drug-likeness (QED) is 0.798. The van der Waals surface area contributed by atoms with Gasteiger partial charge in [0.2, 0.25) is 0 Å². The molecule has 3 N–H and O–H groups in total. The van der Waals surface area contributed by atoms with E-state index < -0.39 is 0 Å². The lowest BCUT2D eigenvalue weighted by Crippen LogP contribution is -2.40. The summed E-state index contributed by atoms with van der Waals surface area (Å²) < 4.78 is 0. The topological polar surface area (TPSA) is 85.2 Å². The van der Waals surface area contributed by atoms with Crippen LogP contribution in [0.1, 0.15) is 49.8 Å². The third-order valence-corrected chi connectivity index (χ3v) is 4.19. The van der Waals surface area contributed by atoms with E-state index in [0.29, 0.717) is 18.0 Å². The smallest absolute Gasteiger partial charge is 0.315 e. The molecule has 0 saturated heterocycles. The number of aliphatic hydroxyl groups is 1. The molecule has 0 aliphatic heterocycles. The summed E-state index contributed by atoms with van der Waals surface area (Å²) in [6.45, 7) is 2.51. The maximum absolute atomic E-state index is 11.9. The average Bonchev–Trinajstić information content (AvgIpc) is 2.53. The van der Waals surface area contributed by atoms with E-state index >= 15 is 0 Å². The highest BCUT2D eigenvalue weighted by atomic mass is 16.3. The number of urea groups is 1. The van der Waals surface area contributed by atoms with Gasteiger partial charge in [-0.15, -0.1) is 0 Å². The number of carbonyl (C=O) groups excluding carboxylic acids is 1. The van der Waals surface area contributed by atoms with E-state index in [1.807, 2.05) is 19.1 Å². The van der Waals surface area contributed by atoms with Gasteiger partial charge in [-0.05, 0) is 49.8 Å². The molecule has 3 unspecified atom stereocenters. The van der Waals surface area contributed by atoms with Crippen LogP contribution in [0, 0.1) is 17.2 Å². The van der Waals surface area contributed by atoms with Crippen molar-refractivity contribution >= 4 is 6.03 Å². The van der Waals surface area contributed by atoms with Crippen LogP contribution in [0.25, 0.3) is 0 Å². The minimum Gasteiger partial charge on any atom is -0.393 e. The minimum absolute atomic E-state index is 0.121. The van der Waals surface area contributed by atoms with E-state index in [4.69, 9.17) is 5.26 Å². The molecule has 0 radical (unpaired) electrons. The minimum atomic E-state index is -0.221. The number of carbonyl (C=O) groups is 1. The van der Waals surface area contributed by atoms with Crippen molar-refractivity contribution in [2.45, 2.75) is 44.8 Å². The highest BCUT2D eigenvalue weighted by Gasteiger charge is 2.20. The zero-order valence-corrected chi connectivity index (χ0v) is 12.9. The summed E-state index contributed by atoms with van der Waals surface area (Å²) in [5.41, 5.74) is 1.57. The first-order valence-corrected chi connectivity index (χ1v) is 7.81. The van der Waals surface area contributed by atoms with Gasteiger partial charge in [0.25, 0.3) is 0 Å². The van der Waals surface area contributed by atoms with Crippen LogP contribution in [0.2, 0.25) is 0 Å². The number of benzene rings is 1. The van der Waals surface area contributed by atoms with Gasteiger partial charge in [0.05, 0.1) is 23.8 Å². The van der Waals surface area contributed by atoms with Gasteiger partial charge in [-0.2, -0.15) is 5.26 Å². The van der Waals surface area contributed by atoms with E-state index in [2.05, 4.69) is 16.7 Å². The summed E-state index contributed by atoms with van der Waals surface area (Å²) in [4.78, 5) is 11.9. The van der Waals surface area contributed by atoms with E-state index in [1.165, 1.54) is 0 Å². The summed E-state index contributed by atoms with van der Waals surface area (Å²) in [7, 11) is 0. The Bertz CT molecular complexity index is 536. The molecule has 5 heteroatoms. The summed E-state index contributed by atoms with van der Waals surface area (Å²) in [5.74, 6) is 0.361. The molecule has 1 aliphatic carbocycles. The molecule has 1 aromatic carbocycles. The van der Waals surface area contributed by atoms with Crippen molar-refractivity contribution in [3.8, 4) is 6.07 Å². The van der Waals surface area contributed by atoms with Gasteiger partial charge < -0.3 is 15.7 Å². The van der Waals surface area contributed by atoms with Crippen LogP contribution in [-0.2, 0) is 0 Å². The fraction of sp³-hybridized carbons (Fsp3) is 0.529. The van der Waals surface area contributed by atoms with Crippen molar-refractivity contribution in [2.24, 2.45) is 5.92 Å². The molecule has 0 heterocycles. The van der Waals surface area contributed by atoms with Gasteiger partial charge in [0, 0.05) is 6.54 Å². The fourth-order valence-electron chi connectivity index (χ4n) is 2.86. The Morgan fingerprint density at radius 3 is 2.77 bits per heavy atom. The third-order valence-electron chi connectivity index (χ3n) is 4.19. The number of nitrogens with zero attached hydrogens (tertiary/aromatic N) is 1. The van der Waals surface area contributed by atoms with Crippen LogP contribution in [0.15, 0.2) is 24.3 Å². The number of nitriles is 1. The van der Waals surface area contributed by atoms with E-state index in [0.717, 1.165) is 31.2 Å². The molecule has 22 heavy (non-hydrogen) atoms. The first kappa shape index (κ1) is 16.3. The first-order chi connectivity index (χ1) is 10.6. The number of amides is 2. The first-order valence-electron chi connectivity index (χ1n) is 7.81. The number of aliphatic hydroxyl groups excluding tert-OH is 1. The molecule has 1 saturated carbocycles. The number of hydrogen-bond acceptors (Lipinski definition) is 3. The van der Waals surface area contributed by atoms with Gasteiger partial charge >= 0.3 is 6.03 Å². The van der Waals surface area contributed by atoms with Gasteiger partial charge in [0.1, 0.15) is 0 Å². The van der Waals surface area contributed by atoms with Crippen LogP contribution < -0.4 is 10.6 Å². The third kappa shape index (κ3) is 4.74. The van der Waals surface area contributed by atoms with Crippen LogP contribution in [0.5, 0.6) is 0 Å². The summed E-state index contributed by atoms with van der Waals surface area (Å²) in [6, 6.07) is 8.94. The molecule has 0 aromatic heterocycles. The molecular weight excluding hydrogens is 278 g/mol. The van der Waals surface area contributed by atoms with Crippen molar-refractivity contribution < 1.29 is 9.90 Å². The van der Waals surface area contributed by atoms with Crippen LogP contribution in [0.4, 0.5) is 4.79 Å². The monoisotopic (exact) mass is 301 g/mol. The summed E-state index contributed by atoms with van der Waals surface area (Å²) >= 11 is 0. The Morgan fingerprint density at radius 2 is 2.14 bits per heavy atom. The summed E-state index contributed by atoms with van der Waals surface area (Å²) in [6.07, 6.45) is 3.50. The lowest BCUT2D eigenvalue weighted by Gasteiger charge is -2.26. The molecule has 0 bridgehead atoms. The number of hydrogen-bond donors (Lipinski definition) is 3. The Balaban J connectivity index is 1.77. The second kappa shape index (κ2) is 7.81. The lowest BCUT2D eigenvalue weighted by atomic mass is 9.87. The van der Waals surface area contributed by atoms with Crippen molar-refractivity contribution in [3.63, 3.8) is 0 Å². The largest absolute Gasteiger partial charge is 0.393 e. The predicted octanol–water partition coefficient (Wildman–Crippen LogP) is 2.47. The van der Waals surface area contributed by atoms with Gasteiger partial charge in [0.15, 0.2) is 0 Å². The van der Waals surface area contributed by atoms with Crippen LogP contribution in [-0.4, -0.2) is 23.8 Å². The Hall–Kier alpha value is -2.06. The number of nitrogens with one attached hydrogen (secondary N) is 2. The maximum atomic E-state index is 11.9. The van der Waals surface area contributed by atoms with Crippen molar-refractivity contribution in [1.29, 1.82) is 5.26 Å². The second-order valence-corrected chi connectivity index (χ2v) is 6.00. The predicted molar refractivity (Wildman–Crippen MR) is 84.1 cm³/mol. The molecule has 3 atom stereocenters. The highest BCUT2D eigenvalue weighted by Crippen LogP contribution is 2.23. The average molecular weight is 301 g/mol. The van der Waals surface area contributed by atoms with Crippen molar-refractivity contribution in [3.05, 3.63) is 35.4 Å². The maximum Gasteiger partial charge on any atom is 0.315 e. The zero-order valence-electron chi connectivity index (χ0n) is 12.9.